The van der Waals surface area contributed by atoms with Crippen molar-refractivity contribution in [1.29, 1.82) is 0 Å². The van der Waals surface area contributed by atoms with Gasteiger partial charge in [-0.15, -0.1) is 0 Å². The van der Waals surface area contributed by atoms with Gasteiger partial charge < -0.3 is 5.11 Å². The smallest absolute Gasteiger partial charge is 0.335 e. The summed E-state index contributed by atoms with van der Waals surface area (Å²) >= 11 is 5.83. The third-order valence-electron chi connectivity index (χ3n) is 2.24. The van der Waals surface area contributed by atoms with Gasteiger partial charge in [0, 0.05) is 6.20 Å². The van der Waals surface area contributed by atoms with E-state index >= 15 is 0 Å². The topological polar surface area (TPSA) is 112 Å². The number of rotatable bonds is 4. The van der Waals surface area contributed by atoms with E-state index in [1.54, 1.807) is 0 Å². The van der Waals surface area contributed by atoms with Gasteiger partial charge in [0.1, 0.15) is 4.90 Å². The Kier molecular flexibility index (Phi) is 3.45. The molecule has 0 atom stereocenters. The zero-order valence-corrected chi connectivity index (χ0v) is 10.9. The Bertz CT molecular complexity index is 712. The minimum atomic E-state index is -3.80. The Morgan fingerprint density at radius 1 is 1.42 bits per heavy atom. The maximum atomic E-state index is 11.9. The number of anilines is 1. The molecule has 0 radical (unpaired) electrons. The molecule has 2 rings (SSSR count). The average molecular weight is 302 g/mol. The van der Waals surface area contributed by atoms with Crippen LogP contribution < -0.4 is 4.72 Å². The zero-order valence-electron chi connectivity index (χ0n) is 9.29. The van der Waals surface area contributed by atoms with Crippen molar-refractivity contribution in [3.05, 3.63) is 41.2 Å². The molecule has 3 N–H and O–H groups in total. The van der Waals surface area contributed by atoms with E-state index in [0.29, 0.717) is 0 Å². The van der Waals surface area contributed by atoms with Crippen LogP contribution in [0.3, 0.4) is 0 Å². The molecular weight excluding hydrogens is 294 g/mol. The number of carbonyl (C=O) groups is 1. The molecule has 0 amide bonds. The number of hydrogen-bond acceptors (Lipinski definition) is 4. The third-order valence-corrected chi connectivity index (χ3v) is 3.89. The van der Waals surface area contributed by atoms with Crippen molar-refractivity contribution in [2.75, 3.05) is 4.72 Å². The quantitative estimate of drug-likeness (QED) is 0.793. The van der Waals surface area contributed by atoms with E-state index in [1.807, 2.05) is 0 Å². The molecule has 1 heterocycles. The summed E-state index contributed by atoms with van der Waals surface area (Å²) < 4.78 is 26.0. The van der Waals surface area contributed by atoms with Crippen molar-refractivity contribution in [2.24, 2.45) is 0 Å². The average Bonchev–Trinajstić information content (AvgIpc) is 2.85. The summed E-state index contributed by atoms with van der Waals surface area (Å²) in [6, 6.07) is 3.70. The van der Waals surface area contributed by atoms with Gasteiger partial charge in [0.25, 0.3) is 10.0 Å². The van der Waals surface area contributed by atoms with Gasteiger partial charge in [-0.1, -0.05) is 11.6 Å². The maximum absolute atomic E-state index is 11.9. The zero-order chi connectivity index (χ0) is 14.0. The van der Waals surface area contributed by atoms with Crippen LogP contribution in [0.5, 0.6) is 0 Å². The fourth-order valence-electron chi connectivity index (χ4n) is 1.32. The molecule has 0 fully saturated rings. The van der Waals surface area contributed by atoms with Crippen molar-refractivity contribution >= 4 is 33.3 Å². The fraction of sp³-hybridized carbons (Fsp3) is 0. The molecule has 0 aliphatic carbocycles. The van der Waals surface area contributed by atoms with E-state index < -0.39 is 16.0 Å². The summed E-state index contributed by atoms with van der Waals surface area (Å²) in [4.78, 5) is 10.7. The lowest BCUT2D eigenvalue weighted by molar-refractivity contribution is 0.0697. The van der Waals surface area contributed by atoms with Crippen LogP contribution in [-0.4, -0.2) is 29.7 Å². The number of H-pyrrole nitrogens is 1. The van der Waals surface area contributed by atoms with Crippen molar-refractivity contribution in [2.45, 2.75) is 4.90 Å². The van der Waals surface area contributed by atoms with Crippen LogP contribution in [0.25, 0.3) is 0 Å². The molecule has 1 aromatic carbocycles. The molecule has 100 valence electrons. The van der Waals surface area contributed by atoms with Gasteiger partial charge in [-0.05, 0) is 18.2 Å². The lowest BCUT2D eigenvalue weighted by Crippen LogP contribution is -2.12. The van der Waals surface area contributed by atoms with E-state index in [9.17, 15) is 13.2 Å². The lowest BCUT2D eigenvalue weighted by Gasteiger charge is -2.08. The van der Waals surface area contributed by atoms with Crippen molar-refractivity contribution in [3.63, 3.8) is 0 Å². The predicted molar refractivity (Wildman–Crippen MR) is 67.8 cm³/mol. The molecule has 0 saturated carbocycles. The molecule has 0 aliphatic heterocycles. The number of sulfonamides is 1. The van der Waals surface area contributed by atoms with Crippen LogP contribution in [0.1, 0.15) is 10.4 Å². The SMILES string of the molecule is O=C(O)c1ccc(NS(=O)(=O)c2cn[nH]c2)c(Cl)c1. The molecule has 0 bridgehead atoms. The molecule has 7 nitrogen and oxygen atoms in total. The predicted octanol–water partition coefficient (Wildman–Crippen LogP) is 1.56. The third kappa shape index (κ3) is 2.85. The van der Waals surface area contributed by atoms with E-state index in [4.69, 9.17) is 16.7 Å². The van der Waals surface area contributed by atoms with E-state index in [0.717, 1.165) is 12.3 Å². The van der Waals surface area contributed by atoms with Gasteiger partial charge in [0.05, 0.1) is 22.5 Å². The summed E-state index contributed by atoms with van der Waals surface area (Å²) in [5.74, 6) is -1.15. The highest BCUT2D eigenvalue weighted by Gasteiger charge is 2.17. The maximum Gasteiger partial charge on any atom is 0.335 e. The highest BCUT2D eigenvalue weighted by Crippen LogP contribution is 2.25. The molecule has 0 spiro atoms. The Labute approximate surface area is 113 Å². The van der Waals surface area contributed by atoms with Crippen molar-refractivity contribution in [3.8, 4) is 0 Å². The second-order valence-corrected chi connectivity index (χ2v) is 5.63. The van der Waals surface area contributed by atoms with E-state index in [1.165, 1.54) is 18.3 Å². The van der Waals surface area contributed by atoms with Crippen LogP contribution in [0.15, 0.2) is 35.5 Å². The number of carboxylic acid groups (broad SMARTS) is 1. The Hall–Kier alpha value is -2.06. The van der Waals surface area contributed by atoms with Gasteiger partial charge in [0.15, 0.2) is 0 Å². The first-order valence-electron chi connectivity index (χ1n) is 4.94. The van der Waals surface area contributed by atoms with Crippen LogP contribution in [-0.2, 0) is 10.0 Å². The van der Waals surface area contributed by atoms with Gasteiger partial charge in [0.2, 0.25) is 0 Å². The standard InChI is InChI=1S/C10H8ClN3O4S/c11-8-3-6(10(15)16)1-2-9(8)14-19(17,18)7-4-12-13-5-7/h1-5,14H,(H,12,13)(H,15,16). The Morgan fingerprint density at radius 2 is 2.16 bits per heavy atom. The Balaban J connectivity index is 2.32. The monoisotopic (exact) mass is 301 g/mol. The number of hydrogen-bond donors (Lipinski definition) is 3. The Morgan fingerprint density at radius 3 is 2.68 bits per heavy atom. The van der Waals surface area contributed by atoms with Crippen LogP contribution in [0, 0.1) is 0 Å². The van der Waals surface area contributed by atoms with Crippen LogP contribution in [0.2, 0.25) is 5.02 Å². The number of nitrogens with one attached hydrogen (secondary N) is 2. The summed E-state index contributed by atoms with van der Waals surface area (Å²) in [6.45, 7) is 0. The molecule has 19 heavy (non-hydrogen) atoms. The minimum absolute atomic E-state index is 0.00744. The highest BCUT2D eigenvalue weighted by molar-refractivity contribution is 7.92. The largest absolute Gasteiger partial charge is 0.478 e. The number of nitrogens with zero attached hydrogens (tertiary/aromatic N) is 1. The van der Waals surface area contributed by atoms with Gasteiger partial charge in [-0.3, -0.25) is 9.82 Å². The second-order valence-electron chi connectivity index (χ2n) is 3.54. The second kappa shape index (κ2) is 4.90. The van der Waals surface area contributed by atoms with Gasteiger partial charge in [-0.25, -0.2) is 13.2 Å². The molecular formula is C10H8ClN3O4S. The number of benzene rings is 1. The van der Waals surface area contributed by atoms with Gasteiger partial charge >= 0.3 is 5.97 Å². The number of aromatic nitrogens is 2. The lowest BCUT2D eigenvalue weighted by atomic mass is 10.2. The number of aromatic carboxylic acids is 1. The number of carboxylic acids is 1. The van der Waals surface area contributed by atoms with Crippen molar-refractivity contribution in [1.82, 2.24) is 10.2 Å². The normalized spacial score (nSPS) is 11.2. The van der Waals surface area contributed by atoms with Crippen LogP contribution >= 0.6 is 11.6 Å². The molecule has 0 saturated heterocycles. The molecule has 0 unspecified atom stereocenters. The first-order valence-corrected chi connectivity index (χ1v) is 6.81. The van der Waals surface area contributed by atoms with Gasteiger partial charge in [-0.2, -0.15) is 5.10 Å². The first kappa shape index (κ1) is 13.4. The first-order chi connectivity index (χ1) is 8.90. The molecule has 0 aliphatic rings. The summed E-state index contributed by atoms with van der Waals surface area (Å²) in [7, 11) is -3.80. The highest BCUT2D eigenvalue weighted by atomic mass is 35.5. The number of aromatic amines is 1. The molecule has 1 aromatic heterocycles. The van der Waals surface area contributed by atoms with Crippen LogP contribution in [0.4, 0.5) is 5.69 Å². The van der Waals surface area contributed by atoms with E-state index in [2.05, 4.69) is 14.9 Å². The van der Waals surface area contributed by atoms with E-state index in [-0.39, 0.29) is 21.2 Å². The molecule has 9 heteroatoms. The molecule has 2 aromatic rings. The fourth-order valence-corrected chi connectivity index (χ4v) is 2.59. The summed E-state index contributed by atoms with van der Waals surface area (Å²) in [6.07, 6.45) is 2.35. The summed E-state index contributed by atoms with van der Waals surface area (Å²) in [5, 5.41) is 14.7. The summed E-state index contributed by atoms with van der Waals surface area (Å²) in [5.41, 5.74) is 0.0594. The number of halogens is 1. The minimum Gasteiger partial charge on any atom is -0.478 e. The van der Waals surface area contributed by atoms with Crippen molar-refractivity contribution < 1.29 is 18.3 Å².